The zero-order chi connectivity index (χ0) is 41.0. The number of thiazole rings is 2. The van der Waals surface area contributed by atoms with Crippen LogP contribution in [0.3, 0.4) is 0 Å². The Morgan fingerprint density at radius 1 is 0.815 bits per heavy atom. The van der Waals surface area contributed by atoms with E-state index in [-0.39, 0.29) is 39.7 Å². The molecule has 2 aromatic heterocycles. The number of hydrogen-bond donors (Lipinski definition) is 3. The molecule has 3 aromatic carbocycles. The van der Waals surface area contributed by atoms with Crippen molar-refractivity contribution in [2.24, 2.45) is 5.73 Å². The number of aliphatic hydroxyl groups excluding tert-OH is 1. The van der Waals surface area contributed by atoms with Crippen LogP contribution in [-0.4, -0.2) is 47.6 Å². The highest BCUT2D eigenvalue weighted by Crippen LogP contribution is 2.32. The third kappa shape index (κ3) is 16.4. The Labute approximate surface area is 349 Å². The largest absolute Gasteiger partial charge is 0.399 e. The Bertz CT molecular complexity index is 2010. The van der Waals surface area contributed by atoms with Gasteiger partial charge in [0.1, 0.15) is 0 Å². The van der Waals surface area contributed by atoms with Gasteiger partial charge < -0.3 is 16.6 Å². The first-order valence-corrected chi connectivity index (χ1v) is 20.3. The van der Waals surface area contributed by atoms with Gasteiger partial charge in [-0.05, 0) is 56.5 Å². The molecule has 0 radical (unpaired) electrons. The van der Waals surface area contributed by atoms with Crippen molar-refractivity contribution >= 4 is 113 Å². The number of aliphatic hydroxyl groups is 1. The fraction of sp³-hybridized carbons (Fsp3) is 0.257. The number of hydrogen-bond acceptors (Lipinski definition) is 12. The lowest BCUT2D eigenvalue weighted by atomic mass is 10.1. The monoisotopic (exact) mass is 918 g/mol. The zero-order valence-corrected chi connectivity index (χ0v) is 35.9. The van der Waals surface area contributed by atoms with Gasteiger partial charge in [-0.2, -0.15) is 0 Å². The number of non-ortho nitro benzene ring substituents is 2. The van der Waals surface area contributed by atoms with E-state index in [0.717, 1.165) is 57.9 Å². The lowest BCUT2D eigenvalue weighted by Gasteiger charge is -2.01. The molecule has 0 amide bonds. The van der Waals surface area contributed by atoms with Gasteiger partial charge in [-0.15, -0.1) is 22.7 Å². The summed E-state index contributed by atoms with van der Waals surface area (Å²) in [7, 11) is 0. The number of thiocarbonyl (C=S) groups is 1. The summed E-state index contributed by atoms with van der Waals surface area (Å²) in [6.45, 7) is 7.98. The summed E-state index contributed by atoms with van der Waals surface area (Å²) in [5.74, 6) is -0.204. The van der Waals surface area contributed by atoms with Crippen LogP contribution in [0.25, 0.3) is 22.5 Å². The van der Waals surface area contributed by atoms with Crippen LogP contribution in [0, 0.1) is 20.2 Å². The zero-order valence-electron chi connectivity index (χ0n) is 29.6. The van der Waals surface area contributed by atoms with Gasteiger partial charge in [-0.1, -0.05) is 83.7 Å². The van der Waals surface area contributed by atoms with E-state index in [2.05, 4.69) is 45.0 Å². The van der Waals surface area contributed by atoms with E-state index in [1.54, 1.807) is 41.7 Å². The Morgan fingerprint density at radius 3 is 1.56 bits per heavy atom. The Kier molecular flexibility index (Phi) is 22.8. The number of halogens is 4. The first kappa shape index (κ1) is 48.4. The molecule has 0 saturated heterocycles. The Balaban J connectivity index is 0.000000369. The first-order chi connectivity index (χ1) is 25.6. The SMILES string of the molecule is CCC(N)=S.CCO.CCc1nc(-c2ccc(N)cc2Cl)cs1.CCc1nc(-c2ccc([N+](=O)[O-])cc2Cl)cs1.O=C(CBr)c1ccc([N+](=O)[O-])cc1Cl. The number of benzene rings is 3. The highest BCUT2D eigenvalue weighted by Gasteiger charge is 2.14. The van der Waals surface area contributed by atoms with Gasteiger partial charge in [0, 0.05) is 64.0 Å². The van der Waals surface area contributed by atoms with Crippen LogP contribution in [0.1, 0.15) is 54.5 Å². The Hall–Kier alpha value is -3.61. The summed E-state index contributed by atoms with van der Waals surface area (Å²) in [6, 6.07) is 13.7. The molecule has 0 aliphatic carbocycles. The quantitative estimate of drug-likeness (QED) is 0.0317. The summed E-state index contributed by atoms with van der Waals surface area (Å²) >= 11 is 28.5. The molecule has 0 bridgehead atoms. The van der Waals surface area contributed by atoms with Gasteiger partial charge in [-0.25, -0.2) is 9.97 Å². The molecule has 12 nitrogen and oxygen atoms in total. The van der Waals surface area contributed by atoms with Crippen LogP contribution < -0.4 is 11.5 Å². The molecule has 2 heterocycles. The van der Waals surface area contributed by atoms with Crippen molar-refractivity contribution in [1.82, 2.24) is 9.97 Å². The number of ketones is 1. The summed E-state index contributed by atoms with van der Waals surface area (Å²) in [4.78, 5) is 40.6. The molecule has 0 spiro atoms. The van der Waals surface area contributed by atoms with Crippen LogP contribution >= 0.6 is 85.6 Å². The number of alkyl halides is 1. The highest BCUT2D eigenvalue weighted by molar-refractivity contribution is 9.09. The van der Waals surface area contributed by atoms with Gasteiger partial charge >= 0.3 is 0 Å². The average Bonchev–Trinajstić information content (AvgIpc) is 3.82. The third-order valence-corrected chi connectivity index (χ3v) is 10.1. The van der Waals surface area contributed by atoms with Gasteiger partial charge in [-0.3, -0.25) is 25.0 Å². The fourth-order valence-electron chi connectivity index (χ4n) is 3.67. The summed E-state index contributed by atoms with van der Waals surface area (Å²) < 4.78 is 0. The minimum absolute atomic E-state index is 0.00954. The minimum Gasteiger partial charge on any atom is -0.399 e. The summed E-state index contributed by atoms with van der Waals surface area (Å²) in [5, 5.41) is 35.8. The number of anilines is 1. The van der Waals surface area contributed by atoms with Gasteiger partial charge in [0.25, 0.3) is 11.4 Å². The predicted octanol–water partition coefficient (Wildman–Crippen LogP) is 11.0. The Morgan fingerprint density at radius 2 is 1.22 bits per heavy atom. The van der Waals surface area contributed by atoms with Crippen molar-refractivity contribution in [3.63, 3.8) is 0 Å². The van der Waals surface area contributed by atoms with Crippen LogP contribution in [0.5, 0.6) is 0 Å². The second-order valence-corrected chi connectivity index (χ2v) is 14.4. The number of carbonyl (C=O) groups excluding carboxylic acids is 1. The molecule has 0 saturated carbocycles. The van der Waals surface area contributed by atoms with E-state index in [1.807, 2.05) is 36.7 Å². The molecule has 290 valence electrons. The molecule has 0 aliphatic heterocycles. The number of nitro groups is 2. The third-order valence-electron chi connectivity index (χ3n) is 6.35. The lowest BCUT2D eigenvalue weighted by Crippen LogP contribution is -2.03. The van der Waals surface area contributed by atoms with Gasteiger partial charge in [0.05, 0.1) is 56.6 Å². The maximum absolute atomic E-state index is 11.2. The predicted molar refractivity (Wildman–Crippen MR) is 231 cm³/mol. The van der Waals surface area contributed by atoms with E-state index >= 15 is 0 Å². The van der Waals surface area contributed by atoms with Crippen molar-refractivity contribution < 1.29 is 19.7 Å². The molecule has 0 unspecified atom stereocenters. The number of carbonyl (C=O) groups is 1. The van der Waals surface area contributed by atoms with Crippen LogP contribution in [0.2, 0.25) is 15.1 Å². The van der Waals surface area contributed by atoms with E-state index in [1.165, 1.54) is 24.3 Å². The van der Waals surface area contributed by atoms with Crippen molar-refractivity contribution in [3.8, 4) is 22.5 Å². The molecule has 5 aromatic rings. The molecule has 0 atom stereocenters. The van der Waals surface area contributed by atoms with Crippen LogP contribution in [0.15, 0.2) is 65.4 Å². The second kappa shape index (κ2) is 25.5. The molecule has 54 heavy (non-hydrogen) atoms. The normalized spacial score (nSPS) is 9.80. The number of aromatic nitrogens is 2. The molecule has 5 N–H and O–H groups in total. The summed E-state index contributed by atoms with van der Waals surface area (Å²) in [6.07, 6.45) is 2.64. The number of Topliss-reactive ketones (excluding diaryl/α,β-unsaturated/α-hetero) is 1. The molecular formula is C35H38BrCl3N6O6S3. The van der Waals surface area contributed by atoms with Crippen molar-refractivity contribution in [1.29, 1.82) is 0 Å². The number of nitrogens with two attached hydrogens (primary N) is 2. The maximum Gasteiger partial charge on any atom is 0.270 e. The molecule has 0 fully saturated rings. The minimum atomic E-state index is -0.561. The van der Waals surface area contributed by atoms with Gasteiger partial charge in [0.2, 0.25) is 0 Å². The van der Waals surface area contributed by atoms with Crippen LogP contribution in [0.4, 0.5) is 17.1 Å². The van der Waals surface area contributed by atoms with E-state index < -0.39 is 9.85 Å². The maximum atomic E-state index is 11.2. The van der Waals surface area contributed by atoms with E-state index in [0.29, 0.717) is 20.7 Å². The van der Waals surface area contributed by atoms with E-state index in [4.69, 9.17) is 51.4 Å². The number of rotatable bonds is 9. The van der Waals surface area contributed by atoms with Crippen LogP contribution in [-0.2, 0) is 12.8 Å². The van der Waals surface area contributed by atoms with Gasteiger partial charge in [0.15, 0.2) is 5.78 Å². The molecule has 19 heteroatoms. The number of aryl methyl sites for hydroxylation is 2. The number of nitrogen functional groups attached to an aromatic ring is 1. The average molecular weight is 921 g/mol. The smallest absolute Gasteiger partial charge is 0.270 e. The summed E-state index contributed by atoms with van der Waals surface area (Å²) in [5.41, 5.74) is 14.9. The van der Waals surface area contributed by atoms with Crippen molar-refractivity contribution in [2.45, 2.75) is 47.0 Å². The van der Waals surface area contributed by atoms with E-state index in [9.17, 15) is 25.0 Å². The standard InChI is InChI=1S/C11H9ClN2O2S.C11H11ClN2S.C8H5BrClNO3.C3H7NS.C2H6O/c1-2-11-13-10(6-17-11)8-4-3-7(14(15)16)5-9(8)12;1-2-11-14-10(6-15-11)8-4-3-7(13)5-9(8)12;9-4-8(12)6-2-1-5(11(13)14)3-7(6)10;1-2-3(4)5;1-2-3/h3-6H,2H2,1H3;3-6H,2,13H2,1H3;1-3H,4H2;2H2,1H3,(H2,4,5);3H,2H2,1H3. The highest BCUT2D eigenvalue weighted by atomic mass is 79.9. The number of nitrogens with zero attached hydrogens (tertiary/aromatic N) is 4. The van der Waals surface area contributed by atoms with Crippen molar-refractivity contribution in [2.75, 3.05) is 17.7 Å². The molecular weight excluding hydrogens is 883 g/mol. The topological polar surface area (TPSA) is 201 Å². The second-order valence-electron chi connectivity index (χ2n) is 10.2. The molecule has 5 rings (SSSR count). The molecule has 0 aliphatic rings. The fourth-order valence-corrected chi connectivity index (χ4v) is 6.30. The number of nitro benzene ring substituents is 2. The lowest BCUT2D eigenvalue weighted by molar-refractivity contribution is -0.385. The van der Waals surface area contributed by atoms with Crippen molar-refractivity contribution in [3.05, 3.63) is 116 Å². The first-order valence-electron chi connectivity index (χ1n) is 15.9.